The Kier molecular flexibility index (Phi) is 6.76. The van der Waals surface area contributed by atoms with Gasteiger partial charge >= 0.3 is 0 Å². The second-order valence-electron chi connectivity index (χ2n) is 5.56. The third-order valence-corrected chi connectivity index (χ3v) is 3.72. The predicted octanol–water partition coefficient (Wildman–Crippen LogP) is 1.60. The molecule has 0 bridgehead atoms. The summed E-state index contributed by atoms with van der Waals surface area (Å²) in [5.74, 6) is 0.0635. The topological polar surface area (TPSA) is 109 Å². The third kappa shape index (κ3) is 5.21. The minimum Gasteiger partial charge on any atom is -0.507 e. The molecule has 0 atom stereocenters. The van der Waals surface area contributed by atoms with E-state index in [1.807, 2.05) is 0 Å². The van der Waals surface area contributed by atoms with E-state index >= 15 is 0 Å². The zero-order valence-electron chi connectivity index (χ0n) is 15.3. The van der Waals surface area contributed by atoms with Crippen LogP contribution in [0.1, 0.15) is 21.5 Å². The van der Waals surface area contributed by atoms with Crippen LogP contribution >= 0.6 is 0 Å². The van der Waals surface area contributed by atoms with Crippen molar-refractivity contribution in [1.29, 1.82) is 0 Å². The lowest BCUT2D eigenvalue weighted by atomic mass is 10.1. The van der Waals surface area contributed by atoms with E-state index in [-0.39, 0.29) is 12.3 Å². The first-order valence-electron chi connectivity index (χ1n) is 8.07. The molecule has 2 aromatic carbocycles. The average Bonchev–Trinajstić information content (AvgIpc) is 2.68. The average molecular weight is 371 g/mol. The van der Waals surface area contributed by atoms with Gasteiger partial charge < -0.3 is 19.9 Å². The van der Waals surface area contributed by atoms with E-state index in [0.29, 0.717) is 28.2 Å². The molecule has 2 aromatic rings. The van der Waals surface area contributed by atoms with E-state index in [4.69, 9.17) is 9.47 Å². The summed E-state index contributed by atoms with van der Waals surface area (Å²) in [6.45, 7) is 1.50. The van der Waals surface area contributed by atoms with Gasteiger partial charge in [0.05, 0.1) is 27.0 Å². The summed E-state index contributed by atoms with van der Waals surface area (Å²) in [6, 6.07) is 9.87. The van der Waals surface area contributed by atoms with Crippen molar-refractivity contribution in [1.82, 2.24) is 10.7 Å². The zero-order chi connectivity index (χ0) is 19.8. The SMILES string of the molecule is COc1ccc(C(=O)NCC(=O)N/N=C/c2cccc(C)c2O)cc1OC. The first-order valence-corrected chi connectivity index (χ1v) is 8.07. The number of rotatable bonds is 7. The largest absolute Gasteiger partial charge is 0.507 e. The first-order chi connectivity index (χ1) is 13.0. The van der Waals surface area contributed by atoms with Crippen molar-refractivity contribution in [3.8, 4) is 17.2 Å². The number of nitrogens with zero attached hydrogens (tertiary/aromatic N) is 1. The van der Waals surface area contributed by atoms with Gasteiger partial charge in [0.25, 0.3) is 11.8 Å². The van der Waals surface area contributed by atoms with Gasteiger partial charge in [0.2, 0.25) is 0 Å². The van der Waals surface area contributed by atoms with Crippen molar-refractivity contribution in [3.05, 3.63) is 53.1 Å². The lowest BCUT2D eigenvalue weighted by molar-refractivity contribution is -0.120. The number of para-hydroxylation sites is 1. The highest BCUT2D eigenvalue weighted by molar-refractivity contribution is 5.97. The fraction of sp³-hybridized carbons (Fsp3) is 0.211. The maximum atomic E-state index is 12.1. The molecule has 0 aromatic heterocycles. The van der Waals surface area contributed by atoms with Crippen LogP contribution in [0.3, 0.4) is 0 Å². The van der Waals surface area contributed by atoms with Crippen LogP contribution in [0.2, 0.25) is 0 Å². The Balaban J connectivity index is 1.89. The molecule has 0 aliphatic heterocycles. The fourth-order valence-corrected chi connectivity index (χ4v) is 2.24. The second kappa shape index (κ2) is 9.23. The summed E-state index contributed by atoms with van der Waals surface area (Å²) in [5.41, 5.74) is 3.79. The van der Waals surface area contributed by atoms with Crippen molar-refractivity contribution in [2.75, 3.05) is 20.8 Å². The first kappa shape index (κ1) is 19.8. The summed E-state index contributed by atoms with van der Waals surface area (Å²) in [7, 11) is 2.97. The van der Waals surface area contributed by atoms with E-state index in [1.165, 1.54) is 26.5 Å². The van der Waals surface area contributed by atoms with Gasteiger partial charge in [-0.1, -0.05) is 12.1 Å². The van der Waals surface area contributed by atoms with E-state index in [2.05, 4.69) is 15.8 Å². The number of carbonyl (C=O) groups is 2. The number of benzene rings is 2. The number of phenolic OH excluding ortho intramolecular Hbond substituents is 1. The standard InChI is InChI=1S/C19H21N3O5/c1-12-5-4-6-14(18(12)24)10-21-22-17(23)11-20-19(25)13-7-8-15(26-2)16(9-13)27-3/h4-10,24H,11H2,1-3H3,(H,20,25)(H,22,23)/b21-10+. The lowest BCUT2D eigenvalue weighted by Gasteiger charge is -2.09. The van der Waals surface area contributed by atoms with Crippen LogP contribution in [0.4, 0.5) is 0 Å². The molecule has 27 heavy (non-hydrogen) atoms. The Bertz CT molecular complexity index is 864. The molecule has 2 amide bonds. The summed E-state index contributed by atoms with van der Waals surface area (Å²) in [6.07, 6.45) is 1.33. The number of hydrogen-bond donors (Lipinski definition) is 3. The van der Waals surface area contributed by atoms with Crippen molar-refractivity contribution in [3.63, 3.8) is 0 Å². The fourth-order valence-electron chi connectivity index (χ4n) is 2.24. The Morgan fingerprint density at radius 3 is 2.59 bits per heavy atom. The molecular weight excluding hydrogens is 350 g/mol. The van der Waals surface area contributed by atoms with Gasteiger partial charge in [0.15, 0.2) is 11.5 Å². The number of carbonyl (C=O) groups excluding carboxylic acids is 2. The smallest absolute Gasteiger partial charge is 0.259 e. The van der Waals surface area contributed by atoms with Crippen LogP contribution in [0, 0.1) is 6.92 Å². The van der Waals surface area contributed by atoms with E-state index in [1.54, 1.807) is 37.3 Å². The summed E-state index contributed by atoms with van der Waals surface area (Å²) in [5, 5.41) is 16.1. The number of hydrogen-bond acceptors (Lipinski definition) is 6. The van der Waals surface area contributed by atoms with Crippen molar-refractivity contribution in [2.45, 2.75) is 6.92 Å². The van der Waals surface area contributed by atoms with Gasteiger partial charge in [-0.25, -0.2) is 5.43 Å². The molecule has 2 rings (SSSR count). The predicted molar refractivity (Wildman–Crippen MR) is 100 cm³/mol. The molecule has 0 heterocycles. The van der Waals surface area contributed by atoms with Gasteiger partial charge in [-0.2, -0.15) is 5.10 Å². The van der Waals surface area contributed by atoms with E-state index in [9.17, 15) is 14.7 Å². The minimum atomic E-state index is -0.507. The second-order valence-corrected chi connectivity index (χ2v) is 5.56. The van der Waals surface area contributed by atoms with Crippen molar-refractivity contribution in [2.24, 2.45) is 5.10 Å². The maximum Gasteiger partial charge on any atom is 0.259 e. The Morgan fingerprint density at radius 2 is 1.89 bits per heavy atom. The van der Waals surface area contributed by atoms with Gasteiger partial charge in [-0.05, 0) is 36.8 Å². The lowest BCUT2D eigenvalue weighted by Crippen LogP contribution is -2.34. The van der Waals surface area contributed by atoms with Crippen LogP contribution in [0.25, 0.3) is 0 Å². The third-order valence-electron chi connectivity index (χ3n) is 3.72. The maximum absolute atomic E-state index is 12.1. The van der Waals surface area contributed by atoms with Crippen molar-refractivity contribution < 1.29 is 24.2 Å². The Morgan fingerprint density at radius 1 is 1.15 bits per heavy atom. The number of aromatic hydroxyl groups is 1. The number of hydrazone groups is 1. The molecule has 0 aliphatic carbocycles. The number of phenols is 1. The van der Waals surface area contributed by atoms with Crippen molar-refractivity contribution >= 4 is 18.0 Å². The summed E-state index contributed by atoms with van der Waals surface area (Å²) < 4.78 is 10.3. The van der Waals surface area contributed by atoms with Crippen LogP contribution in [0.5, 0.6) is 17.2 Å². The molecule has 0 fully saturated rings. The number of aryl methyl sites for hydroxylation is 1. The van der Waals surface area contributed by atoms with Crippen LogP contribution in [-0.4, -0.2) is 43.9 Å². The molecule has 0 unspecified atom stereocenters. The van der Waals surface area contributed by atoms with Gasteiger partial charge in [0.1, 0.15) is 5.75 Å². The number of amides is 2. The Labute approximate surface area is 156 Å². The molecule has 0 radical (unpaired) electrons. The number of ether oxygens (including phenoxy) is 2. The molecule has 8 heteroatoms. The number of nitrogens with one attached hydrogen (secondary N) is 2. The van der Waals surface area contributed by atoms with Crippen LogP contribution < -0.4 is 20.2 Å². The van der Waals surface area contributed by atoms with Gasteiger partial charge in [-0.15, -0.1) is 0 Å². The summed E-state index contributed by atoms with van der Waals surface area (Å²) in [4.78, 5) is 23.9. The highest BCUT2D eigenvalue weighted by Gasteiger charge is 2.11. The van der Waals surface area contributed by atoms with E-state index < -0.39 is 11.8 Å². The quantitative estimate of drug-likeness (QED) is 0.506. The zero-order valence-corrected chi connectivity index (χ0v) is 15.3. The molecule has 0 saturated carbocycles. The molecule has 142 valence electrons. The minimum absolute atomic E-state index is 0.0947. The molecule has 0 saturated heterocycles. The van der Waals surface area contributed by atoms with Crippen LogP contribution in [0.15, 0.2) is 41.5 Å². The Hall–Kier alpha value is -3.55. The number of methoxy groups -OCH3 is 2. The molecular formula is C19H21N3O5. The normalized spacial score (nSPS) is 10.5. The molecule has 3 N–H and O–H groups in total. The highest BCUT2D eigenvalue weighted by Crippen LogP contribution is 2.27. The monoisotopic (exact) mass is 371 g/mol. The molecule has 0 spiro atoms. The van der Waals surface area contributed by atoms with E-state index in [0.717, 1.165) is 0 Å². The molecule has 0 aliphatic rings. The van der Waals surface area contributed by atoms with Crippen LogP contribution in [-0.2, 0) is 4.79 Å². The van der Waals surface area contributed by atoms with Gasteiger partial charge in [0, 0.05) is 11.1 Å². The van der Waals surface area contributed by atoms with Gasteiger partial charge in [-0.3, -0.25) is 9.59 Å². The summed E-state index contributed by atoms with van der Waals surface area (Å²) >= 11 is 0. The molecule has 8 nitrogen and oxygen atoms in total. The highest BCUT2D eigenvalue weighted by atomic mass is 16.5.